The van der Waals surface area contributed by atoms with Crippen molar-refractivity contribution in [3.05, 3.63) is 66.3 Å². The molecule has 2 aliphatic rings. The Bertz CT molecular complexity index is 1250. The van der Waals surface area contributed by atoms with E-state index in [1.807, 2.05) is 24.5 Å². The lowest BCUT2D eigenvalue weighted by Crippen LogP contribution is -2.23. The number of nitrogens with zero attached hydrogens (tertiary/aromatic N) is 6. The Morgan fingerprint density at radius 1 is 1.19 bits per heavy atom. The van der Waals surface area contributed by atoms with Crippen LogP contribution in [0, 0.1) is 6.92 Å². The molecule has 9 nitrogen and oxygen atoms in total. The molecule has 1 aliphatic heterocycles. The first kappa shape index (κ1) is 18.3. The summed E-state index contributed by atoms with van der Waals surface area (Å²) in [7, 11) is 0. The van der Waals surface area contributed by atoms with E-state index in [2.05, 4.69) is 64.0 Å². The maximum absolute atomic E-state index is 5.50. The highest BCUT2D eigenvalue weighted by Crippen LogP contribution is 2.40. The summed E-state index contributed by atoms with van der Waals surface area (Å²) < 4.78 is 9.72. The van der Waals surface area contributed by atoms with Crippen molar-refractivity contribution in [2.75, 3.05) is 5.32 Å². The molecule has 10 heteroatoms. The summed E-state index contributed by atoms with van der Waals surface area (Å²) in [5, 5.41) is 19.0. The van der Waals surface area contributed by atoms with Gasteiger partial charge in [0.15, 0.2) is 5.82 Å². The van der Waals surface area contributed by atoms with Crippen LogP contribution in [-0.2, 0) is 6.54 Å². The molecule has 4 heterocycles. The maximum Gasteiger partial charge on any atom is 0.247 e. The zero-order chi connectivity index (χ0) is 20.8. The van der Waals surface area contributed by atoms with Crippen molar-refractivity contribution < 1.29 is 4.42 Å². The molecule has 1 fully saturated rings. The minimum Gasteiger partial charge on any atom is -0.421 e. The summed E-state index contributed by atoms with van der Waals surface area (Å²) in [5.41, 5.74) is 2.11. The second-order valence-corrected chi connectivity index (χ2v) is 8.78. The van der Waals surface area contributed by atoms with Gasteiger partial charge in [-0.15, -0.1) is 10.2 Å². The Morgan fingerprint density at radius 3 is 2.84 bits per heavy atom. The Balaban J connectivity index is 1.21. The number of hydrogen-bond donors (Lipinski definition) is 2. The number of rotatable bonds is 6. The highest BCUT2D eigenvalue weighted by molar-refractivity contribution is 7.97. The van der Waals surface area contributed by atoms with E-state index < -0.39 is 0 Å². The number of fused-ring (bicyclic) bond motifs is 1. The molecule has 31 heavy (non-hydrogen) atoms. The van der Waals surface area contributed by atoms with Gasteiger partial charge >= 0.3 is 0 Å². The average molecular weight is 433 g/mol. The van der Waals surface area contributed by atoms with E-state index in [0.717, 1.165) is 27.9 Å². The topological polar surface area (TPSA) is 101 Å². The second-order valence-electron chi connectivity index (χ2n) is 7.65. The van der Waals surface area contributed by atoms with E-state index >= 15 is 0 Å². The van der Waals surface area contributed by atoms with Crippen molar-refractivity contribution in [3.63, 3.8) is 0 Å². The first-order valence-corrected chi connectivity index (χ1v) is 10.9. The van der Waals surface area contributed by atoms with Gasteiger partial charge in [-0.2, -0.15) is 5.10 Å². The Hall–Kier alpha value is -3.53. The Morgan fingerprint density at radius 2 is 2.06 bits per heavy atom. The number of aryl methyl sites for hydroxylation is 1. The largest absolute Gasteiger partial charge is 0.421 e. The highest BCUT2D eigenvalue weighted by Gasteiger charge is 2.26. The van der Waals surface area contributed by atoms with Crippen molar-refractivity contribution in [2.45, 2.75) is 37.1 Å². The van der Waals surface area contributed by atoms with E-state index in [9.17, 15) is 0 Å². The number of H-pyrrole nitrogens is 1. The molecule has 3 aromatic heterocycles. The van der Waals surface area contributed by atoms with Gasteiger partial charge in [-0.25, -0.2) is 4.98 Å². The molecular formula is C21H20N8OS. The van der Waals surface area contributed by atoms with Crippen molar-refractivity contribution in [1.29, 1.82) is 0 Å². The molecule has 0 saturated heterocycles. The summed E-state index contributed by atoms with van der Waals surface area (Å²) in [6.07, 6.45) is 8.35. The molecule has 2 N–H and O–H groups in total. The van der Waals surface area contributed by atoms with Crippen LogP contribution in [0.2, 0.25) is 0 Å². The first-order chi connectivity index (χ1) is 15.2. The third-order valence-electron chi connectivity index (χ3n) is 5.26. The molecule has 156 valence electrons. The van der Waals surface area contributed by atoms with Crippen LogP contribution in [0.3, 0.4) is 0 Å². The molecule has 0 unspecified atom stereocenters. The fraction of sp³-hybridized carbons (Fsp3) is 0.238. The quantitative estimate of drug-likeness (QED) is 0.437. The molecule has 1 aliphatic carbocycles. The minimum atomic E-state index is 0.532. The number of anilines is 1. The van der Waals surface area contributed by atoms with E-state index in [0.29, 0.717) is 24.2 Å². The Kier molecular flexibility index (Phi) is 4.30. The predicted molar refractivity (Wildman–Crippen MR) is 117 cm³/mol. The zero-order valence-corrected chi connectivity index (χ0v) is 17.6. The van der Waals surface area contributed by atoms with Crippen LogP contribution in [0.4, 0.5) is 5.82 Å². The van der Waals surface area contributed by atoms with Gasteiger partial charge < -0.3 is 14.0 Å². The van der Waals surface area contributed by atoms with Gasteiger partial charge in [0.25, 0.3) is 0 Å². The number of aromatic nitrogens is 6. The SMILES string of the molecule is Cc1nnc(-c2ccc(SN3C=C(Nc4cc(C5CC5)[nH]n4)n4ccnc4C3)cc2)o1. The number of aromatic amines is 1. The van der Waals surface area contributed by atoms with Crippen LogP contribution < -0.4 is 5.32 Å². The molecular weight excluding hydrogens is 412 g/mol. The maximum atomic E-state index is 5.50. The third kappa shape index (κ3) is 3.70. The van der Waals surface area contributed by atoms with Gasteiger partial charge in [-0.05, 0) is 49.1 Å². The second kappa shape index (κ2) is 7.31. The molecule has 0 bridgehead atoms. The third-order valence-corrected chi connectivity index (χ3v) is 6.21. The molecule has 4 aromatic rings. The van der Waals surface area contributed by atoms with Gasteiger partial charge in [0.2, 0.25) is 11.8 Å². The molecule has 1 aromatic carbocycles. The van der Waals surface area contributed by atoms with Crippen molar-refractivity contribution in [2.24, 2.45) is 0 Å². The monoisotopic (exact) mass is 432 g/mol. The summed E-state index contributed by atoms with van der Waals surface area (Å²) in [4.78, 5) is 5.61. The summed E-state index contributed by atoms with van der Waals surface area (Å²) in [6.45, 7) is 2.48. The highest BCUT2D eigenvalue weighted by atomic mass is 32.2. The van der Waals surface area contributed by atoms with Crippen LogP contribution in [0.25, 0.3) is 17.3 Å². The molecule has 0 atom stereocenters. The minimum absolute atomic E-state index is 0.532. The molecule has 0 amide bonds. The summed E-state index contributed by atoms with van der Waals surface area (Å²) >= 11 is 1.64. The van der Waals surface area contributed by atoms with Crippen LogP contribution >= 0.6 is 11.9 Å². The fourth-order valence-corrected chi connectivity index (χ4v) is 4.41. The number of nitrogens with one attached hydrogen (secondary N) is 2. The first-order valence-electron chi connectivity index (χ1n) is 10.1. The van der Waals surface area contributed by atoms with Gasteiger partial charge in [-0.3, -0.25) is 9.67 Å². The Labute approximate surface area is 182 Å². The lowest BCUT2D eigenvalue weighted by Gasteiger charge is -2.26. The van der Waals surface area contributed by atoms with E-state index in [1.165, 1.54) is 18.5 Å². The van der Waals surface area contributed by atoms with Crippen LogP contribution in [0.15, 0.2) is 58.2 Å². The fourth-order valence-electron chi connectivity index (χ4n) is 3.55. The molecule has 1 saturated carbocycles. The number of benzene rings is 1. The average Bonchev–Trinajstić information content (AvgIpc) is 3.13. The zero-order valence-electron chi connectivity index (χ0n) is 16.8. The number of imidazole rings is 1. The van der Waals surface area contributed by atoms with Crippen LogP contribution in [0.1, 0.15) is 36.2 Å². The van der Waals surface area contributed by atoms with Gasteiger partial charge in [-0.1, -0.05) is 0 Å². The van der Waals surface area contributed by atoms with E-state index in [-0.39, 0.29) is 0 Å². The molecule has 0 radical (unpaired) electrons. The van der Waals surface area contributed by atoms with Crippen molar-refractivity contribution in [1.82, 2.24) is 34.3 Å². The lowest BCUT2D eigenvalue weighted by atomic mass is 10.2. The molecule has 6 rings (SSSR count). The van der Waals surface area contributed by atoms with Crippen LogP contribution in [-0.4, -0.2) is 34.3 Å². The van der Waals surface area contributed by atoms with Gasteiger partial charge in [0.05, 0.1) is 12.7 Å². The van der Waals surface area contributed by atoms with Crippen molar-refractivity contribution >= 4 is 23.6 Å². The normalized spacial score (nSPS) is 15.6. The van der Waals surface area contributed by atoms with Crippen molar-refractivity contribution in [3.8, 4) is 11.5 Å². The predicted octanol–water partition coefficient (Wildman–Crippen LogP) is 4.23. The molecule has 0 spiro atoms. The standard InChI is InChI=1S/C21H20N8OS/c1-13-24-27-21(30-13)15-4-6-16(7-5-15)31-28-11-19-22-8-9-29(19)20(12-28)23-18-10-17(25-26-18)14-2-3-14/h4-10,12,14H,2-3,11H2,1H3,(H2,23,25,26). The van der Waals surface area contributed by atoms with E-state index in [4.69, 9.17) is 4.42 Å². The van der Waals surface area contributed by atoms with Gasteiger partial charge in [0, 0.05) is 47.5 Å². The lowest BCUT2D eigenvalue weighted by molar-refractivity contribution is 0.532. The summed E-state index contributed by atoms with van der Waals surface area (Å²) in [6, 6.07) is 10.2. The van der Waals surface area contributed by atoms with E-state index in [1.54, 1.807) is 18.9 Å². The number of hydrogen-bond acceptors (Lipinski definition) is 8. The smallest absolute Gasteiger partial charge is 0.247 e. The van der Waals surface area contributed by atoms with Gasteiger partial charge in [0.1, 0.15) is 11.6 Å². The van der Waals surface area contributed by atoms with Crippen LogP contribution in [0.5, 0.6) is 0 Å². The summed E-state index contributed by atoms with van der Waals surface area (Å²) in [5.74, 6) is 4.43.